The predicted octanol–water partition coefficient (Wildman–Crippen LogP) is 2.11. The average Bonchev–Trinajstić information content (AvgIpc) is 2.81. The summed E-state index contributed by atoms with van der Waals surface area (Å²) in [6.07, 6.45) is 1.40. The lowest BCUT2D eigenvalue weighted by atomic mass is 10.1. The van der Waals surface area contributed by atoms with E-state index in [1.807, 2.05) is 29.2 Å². The summed E-state index contributed by atoms with van der Waals surface area (Å²) < 4.78 is 0. The number of nitrogens with two attached hydrogens (primary N) is 1. The molecule has 100 valence electrons. The van der Waals surface area contributed by atoms with Crippen LogP contribution in [0.25, 0.3) is 0 Å². The lowest BCUT2D eigenvalue weighted by Crippen LogP contribution is -2.31. The van der Waals surface area contributed by atoms with Gasteiger partial charge < -0.3 is 10.6 Å². The molecule has 0 aliphatic carbocycles. The number of nitrogens with zero attached hydrogens (tertiary/aromatic N) is 1. The van der Waals surface area contributed by atoms with Gasteiger partial charge in [-0.2, -0.15) is 0 Å². The zero-order valence-electron chi connectivity index (χ0n) is 10.1. The maximum atomic E-state index is 12.1. The molecule has 18 heavy (non-hydrogen) atoms. The zero-order chi connectivity index (χ0) is 12.3. The SMILES string of the molecule is Cl.NCC1CCN(C(=O)Cc2ccccc2Cl)C1. The summed E-state index contributed by atoms with van der Waals surface area (Å²) in [5, 5.41) is 0.662. The maximum Gasteiger partial charge on any atom is 0.227 e. The minimum atomic E-state index is 0. The van der Waals surface area contributed by atoms with Gasteiger partial charge in [-0.1, -0.05) is 29.8 Å². The van der Waals surface area contributed by atoms with Crippen molar-refractivity contribution in [3.8, 4) is 0 Å². The largest absolute Gasteiger partial charge is 0.342 e. The molecule has 1 aromatic carbocycles. The molecule has 3 nitrogen and oxygen atoms in total. The quantitative estimate of drug-likeness (QED) is 0.926. The summed E-state index contributed by atoms with van der Waals surface area (Å²) in [5.74, 6) is 0.610. The van der Waals surface area contributed by atoms with E-state index in [0.29, 0.717) is 23.9 Å². The van der Waals surface area contributed by atoms with Crippen LogP contribution in [0, 0.1) is 5.92 Å². The van der Waals surface area contributed by atoms with Gasteiger partial charge in [-0.25, -0.2) is 0 Å². The molecular weight excluding hydrogens is 271 g/mol. The third-order valence-corrected chi connectivity index (χ3v) is 3.64. The summed E-state index contributed by atoms with van der Waals surface area (Å²) in [6.45, 7) is 2.28. The van der Waals surface area contributed by atoms with Crippen molar-refractivity contribution >= 4 is 29.9 Å². The molecule has 0 saturated carbocycles. The first-order chi connectivity index (χ1) is 8.20. The zero-order valence-corrected chi connectivity index (χ0v) is 11.7. The Labute approximate surface area is 119 Å². The van der Waals surface area contributed by atoms with E-state index in [1.165, 1.54) is 0 Å². The second-order valence-corrected chi connectivity index (χ2v) is 4.91. The van der Waals surface area contributed by atoms with Crippen LogP contribution in [0.4, 0.5) is 0 Å². The van der Waals surface area contributed by atoms with Crippen LogP contribution < -0.4 is 5.73 Å². The Morgan fingerprint density at radius 1 is 1.44 bits per heavy atom. The fraction of sp³-hybridized carbons (Fsp3) is 0.462. The molecular formula is C13H18Cl2N2O. The van der Waals surface area contributed by atoms with Gasteiger partial charge in [-0.3, -0.25) is 4.79 Å². The third kappa shape index (κ3) is 3.61. The summed E-state index contributed by atoms with van der Waals surface area (Å²) in [4.78, 5) is 13.9. The van der Waals surface area contributed by atoms with Gasteiger partial charge >= 0.3 is 0 Å². The van der Waals surface area contributed by atoms with E-state index in [9.17, 15) is 4.79 Å². The van der Waals surface area contributed by atoms with Crippen LogP contribution in [-0.2, 0) is 11.2 Å². The number of benzene rings is 1. The number of halogens is 2. The normalized spacial score (nSPS) is 18.6. The van der Waals surface area contributed by atoms with Crippen LogP contribution in [-0.4, -0.2) is 30.4 Å². The molecule has 0 bridgehead atoms. The molecule has 1 aromatic rings. The van der Waals surface area contributed by atoms with Gasteiger partial charge in [-0.05, 0) is 30.5 Å². The fourth-order valence-electron chi connectivity index (χ4n) is 2.17. The first-order valence-corrected chi connectivity index (χ1v) is 6.29. The minimum Gasteiger partial charge on any atom is -0.342 e. The highest BCUT2D eigenvalue weighted by molar-refractivity contribution is 6.31. The molecule has 1 amide bonds. The molecule has 1 unspecified atom stereocenters. The number of carbonyl (C=O) groups is 1. The van der Waals surface area contributed by atoms with Crippen LogP contribution in [0.2, 0.25) is 5.02 Å². The molecule has 0 spiro atoms. The lowest BCUT2D eigenvalue weighted by Gasteiger charge is -2.16. The topological polar surface area (TPSA) is 46.3 Å². The lowest BCUT2D eigenvalue weighted by molar-refractivity contribution is -0.129. The standard InChI is InChI=1S/C13H17ClN2O.ClH/c14-12-4-2-1-3-11(12)7-13(17)16-6-5-10(8-15)9-16;/h1-4,10H,5-9,15H2;1H. The van der Waals surface area contributed by atoms with Gasteiger partial charge in [0, 0.05) is 18.1 Å². The first kappa shape index (κ1) is 15.3. The molecule has 2 rings (SSSR count). The van der Waals surface area contributed by atoms with Crippen molar-refractivity contribution in [2.24, 2.45) is 11.7 Å². The Morgan fingerprint density at radius 3 is 2.78 bits per heavy atom. The number of amides is 1. The summed E-state index contributed by atoms with van der Waals surface area (Å²) in [5.41, 5.74) is 6.51. The van der Waals surface area contributed by atoms with Gasteiger partial charge in [0.25, 0.3) is 0 Å². The highest BCUT2D eigenvalue weighted by Crippen LogP contribution is 2.19. The highest BCUT2D eigenvalue weighted by atomic mass is 35.5. The Bertz CT molecular complexity index is 412. The van der Waals surface area contributed by atoms with E-state index in [0.717, 1.165) is 25.1 Å². The number of hydrogen-bond acceptors (Lipinski definition) is 2. The van der Waals surface area contributed by atoms with Gasteiger partial charge in [-0.15, -0.1) is 12.4 Å². The molecule has 1 aliphatic rings. The van der Waals surface area contributed by atoms with E-state index in [4.69, 9.17) is 17.3 Å². The molecule has 2 N–H and O–H groups in total. The molecule has 0 aromatic heterocycles. The monoisotopic (exact) mass is 288 g/mol. The molecule has 1 saturated heterocycles. The van der Waals surface area contributed by atoms with Gasteiger partial charge in [0.15, 0.2) is 0 Å². The molecule has 1 heterocycles. The molecule has 1 aliphatic heterocycles. The number of rotatable bonds is 3. The number of hydrogen-bond donors (Lipinski definition) is 1. The molecule has 1 fully saturated rings. The average molecular weight is 289 g/mol. The van der Waals surface area contributed by atoms with Crippen LogP contribution in [0.3, 0.4) is 0 Å². The smallest absolute Gasteiger partial charge is 0.227 e. The summed E-state index contributed by atoms with van der Waals surface area (Å²) >= 11 is 6.04. The van der Waals surface area contributed by atoms with Crippen molar-refractivity contribution in [1.29, 1.82) is 0 Å². The van der Waals surface area contributed by atoms with Gasteiger partial charge in [0.2, 0.25) is 5.91 Å². The molecule has 5 heteroatoms. The van der Waals surface area contributed by atoms with Crippen molar-refractivity contribution in [1.82, 2.24) is 4.90 Å². The predicted molar refractivity (Wildman–Crippen MR) is 76.1 cm³/mol. The van der Waals surface area contributed by atoms with Crippen molar-refractivity contribution in [2.75, 3.05) is 19.6 Å². The van der Waals surface area contributed by atoms with Gasteiger partial charge in [0.05, 0.1) is 6.42 Å². The Kier molecular flexibility index (Phi) is 5.93. The van der Waals surface area contributed by atoms with E-state index in [2.05, 4.69) is 0 Å². The highest BCUT2D eigenvalue weighted by Gasteiger charge is 2.25. The van der Waals surface area contributed by atoms with E-state index < -0.39 is 0 Å². The van der Waals surface area contributed by atoms with E-state index in [-0.39, 0.29) is 18.3 Å². The summed E-state index contributed by atoms with van der Waals surface area (Å²) in [7, 11) is 0. The minimum absolute atomic E-state index is 0. The number of likely N-dealkylation sites (tertiary alicyclic amines) is 1. The van der Waals surface area contributed by atoms with E-state index >= 15 is 0 Å². The number of carbonyl (C=O) groups excluding carboxylic acids is 1. The first-order valence-electron chi connectivity index (χ1n) is 5.92. The second kappa shape index (κ2) is 6.98. The van der Waals surface area contributed by atoms with Crippen LogP contribution in [0.5, 0.6) is 0 Å². The molecule has 0 radical (unpaired) electrons. The fourth-order valence-corrected chi connectivity index (χ4v) is 2.37. The maximum absolute atomic E-state index is 12.1. The third-order valence-electron chi connectivity index (χ3n) is 3.27. The van der Waals surface area contributed by atoms with Crippen LogP contribution >= 0.6 is 24.0 Å². The Balaban J connectivity index is 0.00000162. The van der Waals surface area contributed by atoms with Crippen molar-refractivity contribution in [3.05, 3.63) is 34.9 Å². The molecule has 1 atom stereocenters. The van der Waals surface area contributed by atoms with Crippen LogP contribution in [0.1, 0.15) is 12.0 Å². The second-order valence-electron chi connectivity index (χ2n) is 4.50. The van der Waals surface area contributed by atoms with Crippen molar-refractivity contribution < 1.29 is 4.79 Å². The Hall–Kier alpha value is -0.770. The summed E-state index contributed by atoms with van der Waals surface area (Å²) in [6, 6.07) is 7.49. The van der Waals surface area contributed by atoms with Gasteiger partial charge in [0.1, 0.15) is 0 Å². The Morgan fingerprint density at radius 2 is 2.17 bits per heavy atom. The van der Waals surface area contributed by atoms with Crippen LogP contribution in [0.15, 0.2) is 24.3 Å². The van der Waals surface area contributed by atoms with Crippen molar-refractivity contribution in [2.45, 2.75) is 12.8 Å². The van der Waals surface area contributed by atoms with Crippen molar-refractivity contribution in [3.63, 3.8) is 0 Å². The van der Waals surface area contributed by atoms with E-state index in [1.54, 1.807) is 0 Å².